The van der Waals surface area contributed by atoms with Gasteiger partial charge in [0.15, 0.2) is 0 Å². The minimum atomic E-state index is -0.721. The first-order chi connectivity index (χ1) is 14.6. The van der Waals surface area contributed by atoms with Crippen LogP contribution >= 0.6 is 0 Å². The first-order valence-electron chi connectivity index (χ1n) is 12.3. The first-order valence-corrected chi connectivity index (χ1v) is 12.3. The molecule has 174 valence electrons. The second-order valence-electron chi connectivity index (χ2n) is 8.48. The van der Waals surface area contributed by atoms with Gasteiger partial charge in [-0.25, -0.2) is 0 Å². The summed E-state index contributed by atoms with van der Waals surface area (Å²) in [5, 5.41) is 17.8. The molecule has 0 fully saturated rings. The zero-order valence-electron chi connectivity index (χ0n) is 19.3. The molecule has 0 aliphatic carbocycles. The number of carboxylic acid groups (broad SMARTS) is 2. The lowest BCUT2D eigenvalue weighted by atomic mass is 9.91. The molecule has 0 aromatic heterocycles. The zero-order chi connectivity index (χ0) is 22.3. The Bertz CT molecular complexity index is 468. The van der Waals surface area contributed by atoms with E-state index in [0.29, 0.717) is 0 Å². The van der Waals surface area contributed by atoms with Crippen LogP contribution in [0.5, 0.6) is 0 Å². The number of hydrogen-bond acceptors (Lipinski definition) is 2. The van der Waals surface area contributed by atoms with Gasteiger partial charge in [0, 0.05) is 12.8 Å². The van der Waals surface area contributed by atoms with Crippen LogP contribution in [0.25, 0.3) is 0 Å². The number of carboxylic acids is 2. The molecule has 0 spiro atoms. The van der Waals surface area contributed by atoms with Crippen LogP contribution in [0.15, 0.2) is 24.3 Å². The quantitative estimate of drug-likeness (QED) is 0.137. The van der Waals surface area contributed by atoms with Gasteiger partial charge in [0.2, 0.25) is 0 Å². The number of carbonyl (C=O) groups is 2. The maximum atomic E-state index is 11.1. The van der Waals surface area contributed by atoms with Gasteiger partial charge in [-0.05, 0) is 57.3 Å². The lowest BCUT2D eigenvalue weighted by Gasteiger charge is -2.14. The van der Waals surface area contributed by atoms with Gasteiger partial charge in [-0.3, -0.25) is 9.59 Å². The molecule has 0 radical (unpaired) electrons. The van der Waals surface area contributed by atoms with Gasteiger partial charge in [0.1, 0.15) is 0 Å². The normalized spacial score (nSPS) is 12.7. The van der Waals surface area contributed by atoms with Crippen LogP contribution in [0.1, 0.15) is 122 Å². The van der Waals surface area contributed by atoms with Crippen LogP contribution in [0.4, 0.5) is 0 Å². The summed E-state index contributed by atoms with van der Waals surface area (Å²) in [6, 6.07) is 0. The van der Waals surface area contributed by atoms with Crippen LogP contribution in [-0.2, 0) is 9.59 Å². The third kappa shape index (κ3) is 22.7. The largest absolute Gasteiger partial charge is 0.481 e. The Morgan fingerprint density at radius 2 is 1.20 bits per heavy atom. The Balaban J connectivity index is 3.70. The van der Waals surface area contributed by atoms with E-state index in [0.717, 1.165) is 64.2 Å². The molecule has 2 N–H and O–H groups in total. The van der Waals surface area contributed by atoms with Crippen molar-refractivity contribution in [3.63, 3.8) is 0 Å². The predicted octanol–water partition coefficient (Wildman–Crippen LogP) is 7.93. The van der Waals surface area contributed by atoms with Crippen LogP contribution in [0.3, 0.4) is 0 Å². The number of aliphatic carboxylic acids is 2. The monoisotopic (exact) mass is 422 g/mol. The first kappa shape index (κ1) is 28.4. The Morgan fingerprint density at radius 1 is 0.667 bits per heavy atom. The molecule has 0 amide bonds. The smallest absolute Gasteiger partial charge is 0.303 e. The summed E-state index contributed by atoms with van der Waals surface area (Å²) in [4.78, 5) is 21.6. The van der Waals surface area contributed by atoms with Crippen LogP contribution in [-0.4, -0.2) is 22.2 Å². The van der Waals surface area contributed by atoms with E-state index in [1.165, 1.54) is 38.5 Å². The topological polar surface area (TPSA) is 74.6 Å². The molecular weight excluding hydrogens is 376 g/mol. The molecule has 1 atom stereocenters. The van der Waals surface area contributed by atoms with Crippen molar-refractivity contribution in [1.82, 2.24) is 0 Å². The average molecular weight is 423 g/mol. The molecule has 0 aromatic rings. The number of rotatable bonds is 22. The van der Waals surface area contributed by atoms with E-state index in [4.69, 9.17) is 10.2 Å². The van der Waals surface area contributed by atoms with E-state index in [1.54, 1.807) is 0 Å². The fourth-order valence-corrected chi connectivity index (χ4v) is 3.73. The fourth-order valence-electron chi connectivity index (χ4n) is 3.73. The van der Waals surface area contributed by atoms with Crippen molar-refractivity contribution < 1.29 is 19.8 Å². The second-order valence-corrected chi connectivity index (χ2v) is 8.48. The molecule has 0 aliphatic rings. The number of hydrogen-bond donors (Lipinski definition) is 2. The van der Waals surface area contributed by atoms with E-state index in [-0.39, 0.29) is 18.8 Å². The Kier molecular flexibility index (Phi) is 20.9. The lowest BCUT2D eigenvalue weighted by Crippen LogP contribution is -2.08. The van der Waals surface area contributed by atoms with Crippen LogP contribution in [0, 0.1) is 5.92 Å². The third-order valence-electron chi connectivity index (χ3n) is 5.53. The van der Waals surface area contributed by atoms with Crippen molar-refractivity contribution in [2.24, 2.45) is 5.92 Å². The Labute approximate surface area is 184 Å². The standard InChI is InChI=1S/C26H46O4/c1-2-3-4-5-6-7-8-9-10-11-12-14-17-20-24(23-26(29)30)21-18-15-13-16-19-22-25(27)28/h6-7,9-10,24H,2-5,8,11-23H2,1H3,(H,27,28)(H,29,30)/b7-6-,10-9-. The minimum Gasteiger partial charge on any atom is -0.481 e. The molecule has 0 aliphatic heterocycles. The van der Waals surface area contributed by atoms with Crippen molar-refractivity contribution in [3.8, 4) is 0 Å². The maximum Gasteiger partial charge on any atom is 0.303 e. The minimum absolute atomic E-state index is 0.257. The molecule has 4 heteroatoms. The summed E-state index contributed by atoms with van der Waals surface area (Å²) < 4.78 is 0. The summed E-state index contributed by atoms with van der Waals surface area (Å²) in [5.74, 6) is -1.12. The SMILES string of the molecule is CCCCC/C=C\C/C=C\CCCCCC(CCCCCCCC(=O)O)CC(=O)O. The van der Waals surface area contributed by atoms with Crippen molar-refractivity contribution in [3.05, 3.63) is 24.3 Å². The van der Waals surface area contributed by atoms with E-state index in [1.807, 2.05) is 0 Å². The van der Waals surface area contributed by atoms with Gasteiger partial charge >= 0.3 is 11.9 Å². The van der Waals surface area contributed by atoms with E-state index in [9.17, 15) is 9.59 Å². The van der Waals surface area contributed by atoms with Crippen molar-refractivity contribution in [2.75, 3.05) is 0 Å². The Morgan fingerprint density at radius 3 is 1.77 bits per heavy atom. The van der Waals surface area contributed by atoms with E-state index in [2.05, 4.69) is 31.2 Å². The number of unbranched alkanes of at least 4 members (excludes halogenated alkanes) is 10. The molecule has 0 bridgehead atoms. The van der Waals surface area contributed by atoms with Gasteiger partial charge in [-0.2, -0.15) is 0 Å². The third-order valence-corrected chi connectivity index (χ3v) is 5.53. The van der Waals surface area contributed by atoms with Gasteiger partial charge in [0.05, 0.1) is 0 Å². The number of allylic oxidation sites excluding steroid dienone is 4. The van der Waals surface area contributed by atoms with Gasteiger partial charge in [-0.1, -0.05) is 82.6 Å². The highest BCUT2D eigenvalue weighted by atomic mass is 16.4. The molecular formula is C26H46O4. The molecule has 0 saturated heterocycles. The summed E-state index contributed by atoms with van der Waals surface area (Å²) >= 11 is 0. The van der Waals surface area contributed by atoms with Crippen LogP contribution < -0.4 is 0 Å². The highest BCUT2D eigenvalue weighted by Gasteiger charge is 2.12. The molecule has 0 rings (SSSR count). The summed E-state index contributed by atoms with van der Waals surface area (Å²) in [6.07, 6.45) is 27.2. The Hall–Kier alpha value is -1.58. The molecule has 4 nitrogen and oxygen atoms in total. The molecule has 0 aromatic carbocycles. The zero-order valence-corrected chi connectivity index (χ0v) is 19.3. The van der Waals surface area contributed by atoms with Crippen molar-refractivity contribution in [1.29, 1.82) is 0 Å². The average Bonchev–Trinajstić information content (AvgIpc) is 2.69. The predicted molar refractivity (Wildman–Crippen MR) is 126 cm³/mol. The molecule has 1 unspecified atom stereocenters. The van der Waals surface area contributed by atoms with E-state index >= 15 is 0 Å². The highest BCUT2D eigenvalue weighted by Crippen LogP contribution is 2.22. The fraction of sp³-hybridized carbons (Fsp3) is 0.769. The van der Waals surface area contributed by atoms with Gasteiger partial charge in [0.25, 0.3) is 0 Å². The summed E-state index contributed by atoms with van der Waals surface area (Å²) in [5.41, 5.74) is 0. The van der Waals surface area contributed by atoms with Crippen molar-refractivity contribution in [2.45, 2.75) is 122 Å². The van der Waals surface area contributed by atoms with Gasteiger partial charge in [-0.15, -0.1) is 0 Å². The lowest BCUT2D eigenvalue weighted by molar-refractivity contribution is -0.138. The molecule has 0 heterocycles. The summed E-state index contributed by atoms with van der Waals surface area (Å²) in [7, 11) is 0. The summed E-state index contributed by atoms with van der Waals surface area (Å²) in [6.45, 7) is 2.23. The van der Waals surface area contributed by atoms with Crippen molar-refractivity contribution >= 4 is 11.9 Å². The molecule has 0 saturated carbocycles. The van der Waals surface area contributed by atoms with E-state index < -0.39 is 11.9 Å². The molecule has 30 heavy (non-hydrogen) atoms. The van der Waals surface area contributed by atoms with Gasteiger partial charge < -0.3 is 10.2 Å². The second kappa shape index (κ2) is 22.1. The maximum absolute atomic E-state index is 11.1. The van der Waals surface area contributed by atoms with Crippen LogP contribution in [0.2, 0.25) is 0 Å². The highest BCUT2D eigenvalue weighted by molar-refractivity contribution is 5.67.